The first-order valence-electron chi connectivity index (χ1n) is 9.78. The van der Waals surface area contributed by atoms with Crippen LogP contribution in [0.2, 0.25) is 0 Å². The standard InChI is InChI=1S/C21H32N2O2/c1-17(2)14-23(19-10-12-25-13-11-19)20-15-22(16-20)21(24)9-8-18-6-4-3-5-7-18/h3-7,17,19-20H,8-16H2,1-2H3. The van der Waals surface area contributed by atoms with Crippen molar-refractivity contribution < 1.29 is 9.53 Å². The molecule has 0 aromatic heterocycles. The molecule has 0 bridgehead atoms. The Morgan fingerprint density at radius 3 is 2.48 bits per heavy atom. The van der Waals surface area contributed by atoms with Gasteiger partial charge in [-0.3, -0.25) is 9.69 Å². The molecule has 0 aliphatic carbocycles. The normalized spacial score (nSPS) is 19.4. The monoisotopic (exact) mass is 344 g/mol. The third-order valence-electron chi connectivity index (χ3n) is 5.39. The Labute approximate surface area is 152 Å². The number of amides is 1. The fraction of sp³-hybridized carbons (Fsp3) is 0.667. The molecular formula is C21H32N2O2. The van der Waals surface area contributed by atoms with Crippen molar-refractivity contribution in [1.82, 2.24) is 9.80 Å². The van der Waals surface area contributed by atoms with Crippen LogP contribution in [-0.2, 0) is 16.0 Å². The maximum Gasteiger partial charge on any atom is 0.223 e. The summed E-state index contributed by atoms with van der Waals surface area (Å²) in [4.78, 5) is 17.2. The number of carbonyl (C=O) groups excluding carboxylic acids is 1. The molecule has 1 aromatic rings. The number of benzene rings is 1. The first-order valence-corrected chi connectivity index (χ1v) is 9.78. The molecule has 4 heteroatoms. The van der Waals surface area contributed by atoms with Gasteiger partial charge in [-0.25, -0.2) is 0 Å². The lowest BCUT2D eigenvalue weighted by atomic mass is 9.97. The molecule has 3 rings (SSSR count). The highest BCUT2D eigenvalue weighted by Gasteiger charge is 2.38. The summed E-state index contributed by atoms with van der Waals surface area (Å²) in [5, 5.41) is 0. The highest BCUT2D eigenvalue weighted by atomic mass is 16.5. The van der Waals surface area contributed by atoms with E-state index < -0.39 is 0 Å². The lowest BCUT2D eigenvalue weighted by Crippen LogP contribution is -2.64. The van der Waals surface area contributed by atoms with E-state index in [1.807, 2.05) is 23.1 Å². The smallest absolute Gasteiger partial charge is 0.223 e. The van der Waals surface area contributed by atoms with Gasteiger partial charge in [-0.1, -0.05) is 44.2 Å². The van der Waals surface area contributed by atoms with Crippen molar-refractivity contribution in [1.29, 1.82) is 0 Å². The van der Waals surface area contributed by atoms with Crippen LogP contribution in [0, 0.1) is 5.92 Å². The molecule has 2 aliphatic rings. The minimum Gasteiger partial charge on any atom is -0.381 e. The zero-order valence-corrected chi connectivity index (χ0v) is 15.7. The molecular weight excluding hydrogens is 312 g/mol. The molecule has 4 nitrogen and oxygen atoms in total. The summed E-state index contributed by atoms with van der Waals surface area (Å²) in [6.07, 6.45) is 3.73. The Balaban J connectivity index is 1.47. The third kappa shape index (κ3) is 5.05. The van der Waals surface area contributed by atoms with Crippen molar-refractivity contribution in [2.45, 2.75) is 51.6 Å². The number of hydrogen-bond donors (Lipinski definition) is 0. The van der Waals surface area contributed by atoms with Crippen LogP contribution >= 0.6 is 0 Å². The van der Waals surface area contributed by atoms with E-state index in [-0.39, 0.29) is 0 Å². The Morgan fingerprint density at radius 1 is 1.16 bits per heavy atom. The van der Waals surface area contributed by atoms with Gasteiger partial charge >= 0.3 is 0 Å². The second kappa shape index (κ2) is 8.81. The summed E-state index contributed by atoms with van der Waals surface area (Å²) in [6, 6.07) is 11.5. The molecule has 0 radical (unpaired) electrons. The maximum absolute atomic E-state index is 12.5. The highest BCUT2D eigenvalue weighted by Crippen LogP contribution is 2.25. The average molecular weight is 344 g/mol. The first kappa shape index (κ1) is 18.4. The van der Waals surface area contributed by atoms with Crippen molar-refractivity contribution in [3.8, 4) is 0 Å². The Kier molecular flexibility index (Phi) is 6.49. The lowest BCUT2D eigenvalue weighted by molar-refractivity contribution is -0.140. The van der Waals surface area contributed by atoms with Crippen LogP contribution in [-0.4, -0.2) is 60.6 Å². The largest absolute Gasteiger partial charge is 0.381 e. The van der Waals surface area contributed by atoms with Gasteiger partial charge in [0, 0.05) is 51.4 Å². The number of hydrogen-bond acceptors (Lipinski definition) is 3. The first-order chi connectivity index (χ1) is 12.1. The number of likely N-dealkylation sites (tertiary alicyclic amines) is 1. The van der Waals surface area contributed by atoms with E-state index in [9.17, 15) is 4.79 Å². The van der Waals surface area contributed by atoms with Gasteiger partial charge in [-0.05, 0) is 30.7 Å². The molecule has 2 fully saturated rings. The van der Waals surface area contributed by atoms with E-state index in [4.69, 9.17) is 4.74 Å². The molecule has 1 aromatic carbocycles. The fourth-order valence-corrected chi connectivity index (χ4v) is 3.96. The minimum absolute atomic E-state index is 0.302. The van der Waals surface area contributed by atoms with Crippen molar-refractivity contribution in [2.24, 2.45) is 5.92 Å². The van der Waals surface area contributed by atoms with Crippen molar-refractivity contribution >= 4 is 5.91 Å². The molecule has 0 unspecified atom stereocenters. The zero-order valence-electron chi connectivity index (χ0n) is 15.7. The van der Waals surface area contributed by atoms with E-state index in [2.05, 4.69) is 30.9 Å². The Morgan fingerprint density at radius 2 is 1.84 bits per heavy atom. The SMILES string of the molecule is CC(C)CN(C1CCOCC1)C1CN(C(=O)CCc2ccccc2)C1. The summed E-state index contributed by atoms with van der Waals surface area (Å²) >= 11 is 0. The predicted molar refractivity (Wildman–Crippen MR) is 101 cm³/mol. The van der Waals surface area contributed by atoms with Crippen molar-refractivity contribution in [2.75, 3.05) is 32.8 Å². The van der Waals surface area contributed by atoms with Crippen LogP contribution in [0.1, 0.15) is 38.7 Å². The Bertz CT molecular complexity index is 534. The number of aryl methyl sites for hydroxylation is 1. The van der Waals surface area contributed by atoms with Crippen LogP contribution in [0.4, 0.5) is 0 Å². The van der Waals surface area contributed by atoms with Gasteiger partial charge in [0.15, 0.2) is 0 Å². The fourth-order valence-electron chi connectivity index (χ4n) is 3.96. The number of ether oxygens (including phenoxy) is 1. The predicted octanol–water partition coefficient (Wildman–Crippen LogP) is 2.97. The molecule has 0 N–H and O–H groups in total. The van der Waals surface area contributed by atoms with Gasteiger partial charge < -0.3 is 9.64 Å². The van der Waals surface area contributed by atoms with Crippen LogP contribution < -0.4 is 0 Å². The van der Waals surface area contributed by atoms with E-state index in [0.717, 1.165) is 52.1 Å². The van der Waals surface area contributed by atoms with E-state index in [0.29, 0.717) is 30.3 Å². The van der Waals surface area contributed by atoms with E-state index in [1.165, 1.54) is 5.56 Å². The summed E-state index contributed by atoms with van der Waals surface area (Å²) in [5.74, 6) is 0.960. The number of rotatable bonds is 7. The molecule has 0 saturated carbocycles. The van der Waals surface area contributed by atoms with Crippen LogP contribution in [0.5, 0.6) is 0 Å². The quantitative estimate of drug-likeness (QED) is 0.762. The van der Waals surface area contributed by atoms with E-state index >= 15 is 0 Å². The molecule has 138 valence electrons. The van der Waals surface area contributed by atoms with Gasteiger partial charge in [0.1, 0.15) is 0 Å². The van der Waals surface area contributed by atoms with Crippen LogP contribution in [0.15, 0.2) is 30.3 Å². The van der Waals surface area contributed by atoms with Crippen molar-refractivity contribution in [3.05, 3.63) is 35.9 Å². The molecule has 2 heterocycles. The maximum atomic E-state index is 12.5. The van der Waals surface area contributed by atoms with Crippen molar-refractivity contribution in [3.63, 3.8) is 0 Å². The lowest BCUT2D eigenvalue weighted by Gasteiger charge is -2.49. The van der Waals surface area contributed by atoms with Gasteiger partial charge in [0.2, 0.25) is 5.91 Å². The second-order valence-electron chi connectivity index (χ2n) is 7.87. The van der Waals surface area contributed by atoms with Gasteiger partial charge in [-0.2, -0.15) is 0 Å². The second-order valence-corrected chi connectivity index (χ2v) is 7.87. The number of nitrogens with zero attached hydrogens (tertiary/aromatic N) is 2. The van der Waals surface area contributed by atoms with E-state index in [1.54, 1.807) is 0 Å². The summed E-state index contributed by atoms with van der Waals surface area (Å²) in [5.41, 5.74) is 1.25. The molecule has 2 aliphatic heterocycles. The van der Waals surface area contributed by atoms with Gasteiger partial charge in [-0.15, -0.1) is 0 Å². The summed E-state index contributed by atoms with van der Waals surface area (Å²) in [7, 11) is 0. The molecule has 1 amide bonds. The van der Waals surface area contributed by atoms with Crippen LogP contribution in [0.25, 0.3) is 0 Å². The average Bonchev–Trinajstić information content (AvgIpc) is 2.59. The molecule has 0 spiro atoms. The molecule has 2 saturated heterocycles. The zero-order chi connectivity index (χ0) is 17.6. The summed E-state index contributed by atoms with van der Waals surface area (Å²) in [6.45, 7) is 9.26. The minimum atomic E-state index is 0.302. The number of carbonyl (C=O) groups is 1. The van der Waals surface area contributed by atoms with Gasteiger partial charge in [0.25, 0.3) is 0 Å². The Hall–Kier alpha value is -1.39. The highest BCUT2D eigenvalue weighted by molar-refractivity contribution is 5.77. The van der Waals surface area contributed by atoms with Crippen LogP contribution in [0.3, 0.4) is 0 Å². The summed E-state index contributed by atoms with van der Waals surface area (Å²) < 4.78 is 5.53. The molecule has 0 atom stereocenters. The van der Waals surface area contributed by atoms with Gasteiger partial charge in [0.05, 0.1) is 0 Å². The third-order valence-corrected chi connectivity index (χ3v) is 5.39. The topological polar surface area (TPSA) is 32.8 Å². The molecule has 25 heavy (non-hydrogen) atoms.